The summed E-state index contributed by atoms with van der Waals surface area (Å²) in [5.74, 6) is -1.53. The minimum atomic E-state index is -1.13. The van der Waals surface area contributed by atoms with Gasteiger partial charge in [-0.3, -0.25) is 4.79 Å². The van der Waals surface area contributed by atoms with Crippen LogP contribution in [-0.2, 0) is 21.4 Å². The number of nitrogens with one attached hydrogen (secondary N) is 1. The normalized spacial score (nSPS) is 11.9. The Morgan fingerprint density at radius 2 is 1.53 bits per heavy atom. The van der Waals surface area contributed by atoms with E-state index >= 15 is 0 Å². The molecule has 0 fully saturated rings. The average Bonchev–Trinajstić information content (AvgIpc) is 2.79. The summed E-state index contributed by atoms with van der Waals surface area (Å²) in [4.78, 5) is 25.4. The fraction of sp³-hybridized carbons (Fsp3) is 0.160. The first-order valence-electron chi connectivity index (χ1n) is 9.59. The zero-order valence-corrected chi connectivity index (χ0v) is 16.6. The van der Waals surface area contributed by atoms with Gasteiger partial charge in [0.25, 0.3) is 0 Å². The van der Waals surface area contributed by atoms with Crippen molar-refractivity contribution >= 4 is 11.9 Å². The van der Waals surface area contributed by atoms with Crippen molar-refractivity contribution in [1.29, 1.82) is 5.26 Å². The number of carboxylic acids is 1. The van der Waals surface area contributed by atoms with Gasteiger partial charge in [0.05, 0.1) is 17.0 Å². The Balaban J connectivity index is 1.93. The van der Waals surface area contributed by atoms with E-state index in [-0.39, 0.29) is 6.42 Å². The van der Waals surface area contributed by atoms with E-state index < -0.39 is 23.3 Å². The zero-order valence-electron chi connectivity index (χ0n) is 16.6. The lowest BCUT2D eigenvalue weighted by Gasteiger charge is -2.31. The molecule has 0 aliphatic carbocycles. The van der Waals surface area contributed by atoms with Crippen molar-refractivity contribution in [3.63, 3.8) is 0 Å². The Labute approximate surface area is 175 Å². The van der Waals surface area contributed by atoms with E-state index in [0.29, 0.717) is 11.1 Å². The van der Waals surface area contributed by atoms with Crippen molar-refractivity contribution in [3.8, 4) is 6.07 Å². The SMILES string of the molecule is CC(C(=O)N[C@@H](Cc1cccc(C#N)c1)C(=O)O)(c1ccccc1)c1ccccc1. The smallest absolute Gasteiger partial charge is 0.326 e. The molecule has 0 aromatic heterocycles. The van der Waals surface area contributed by atoms with Gasteiger partial charge in [-0.1, -0.05) is 72.8 Å². The molecule has 0 aliphatic rings. The number of carbonyl (C=O) groups is 2. The van der Waals surface area contributed by atoms with Gasteiger partial charge in [-0.15, -0.1) is 0 Å². The first-order chi connectivity index (χ1) is 14.4. The van der Waals surface area contributed by atoms with Gasteiger partial charge < -0.3 is 10.4 Å². The molecule has 1 amide bonds. The van der Waals surface area contributed by atoms with Gasteiger partial charge in [0, 0.05) is 6.42 Å². The summed E-state index contributed by atoms with van der Waals surface area (Å²) in [7, 11) is 0. The first-order valence-corrected chi connectivity index (χ1v) is 9.59. The van der Waals surface area contributed by atoms with E-state index in [1.165, 1.54) is 0 Å². The second-order valence-corrected chi connectivity index (χ2v) is 7.24. The first kappa shape index (κ1) is 20.8. The number of rotatable bonds is 7. The minimum Gasteiger partial charge on any atom is -0.480 e. The van der Waals surface area contributed by atoms with Gasteiger partial charge in [-0.05, 0) is 35.7 Å². The van der Waals surface area contributed by atoms with E-state index in [0.717, 1.165) is 11.1 Å². The highest BCUT2D eigenvalue weighted by molar-refractivity contribution is 5.94. The average molecular weight is 398 g/mol. The van der Waals surface area contributed by atoms with Crippen LogP contribution in [0.25, 0.3) is 0 Å². The quantitative estimate of drug-likeness (QED) is 0.635. The molecule has 30 heavy (non-hydrogen) atoms. The van der Waals surface area contributed by atoms with Crippen LogP contribution in [-0.4, -0.2) is 23.0 Å². The molecule has 3 aromatic carbocycles. The molecule has 3 aromatic rings. The van der Waals surface area contributed by atoms with Crippen molar-refractivity contribution in [2.24, 2.45) is 0 Å². The lowest BCUT2D eigenvalue weighted by atomic mass is 9.75. The molecule has 5 heteroatoms. The highest BCUT2D eigenvalue weighted by Crippen LogP contribution is 2.32. The summed E-state index contributed by atoms with van der Waals surface area (Å²) in [6.07, 6.45) is 0.0796. The molecule has 0 saturated carbocycles. The van der Waals surface area contributed by atoms with Gasteiger partial charge in [-0.2, -0.15) is 5.26 Å². The number of hydrogen-bond acceptors (Lipinski definition) is 3. The number of nitrogens with zero attached hydrogens (tertiary/aromatic N) is 1. The van der Waals surface area contributed by atoms with Crippen molar-refractivity contribution in [1.82, 2.24) is 5.32 Å². The molecule has 150 valence electrons. The number of aliphatic carboxylic acids is 1. The molecule has 0 unspecified atom stereocenters. The van der Waals surface area contributed by atoms with Crippen molar-refractivity contribution in [3.05, 3.63) is 107 Å². The molecule has 0 heterocycles. The molecular formula is C25H22N2O3. The van der Waals surface area contributed by atoms with E-state index in [9.17, 15) is 14.7 Å². The molecular weight excluding hydrogens is 376 g/mol. The number of carbonyl (C=O) groups excluding carboxylic acids is 1. The Kier molecular flexibility index (Phi) is 6.29. The second kappa shape index (κ2) is 9.06. The molecule has 0 bridgehead atoms. The Morgan fingerprint density at radius 1 is 0.967 bits per heavy atom. The summed E-state index contributed by atoms with van der Waals surface area (Å²) in [5, 5.41) is 21.5. The van der Waals surface area contributed by atoms with E-state index in [1.54, 1.807) is 31.2 Å². The number of benzene rings is 3. The third kappa shape index (κ3) is 4.39. The summed E-state index contributed by atoms with van der Waals surface area (Å²) in [6.45, 7) is 1.79. The van der Waals surface area contributed by atoms with E-state index in [1.807, 2.05) is 66.7 Å². The zero-order chi connectivity index (χ0) is 21.6. The molecule has 1 atom stereocenters. The summed E-state index contributed by atoms with van der Waals surface area (Å²) in [5.41, 5.74) is 1.59. The van der Waals surface area contributed by atoms with Crippen LogP contribution >= 0.6 is 0 Å². The third-order valence-corrected chi connectivity index (χ3v) is 5.26. The van der Waals surface area contributed by atoms with Gasteiger partial charge in [0.2, 0.25) is 5.91 Å². The maximum atomic E-state index is 13.5. The van der Waals surface area contributed by atoms with Crippen molar-refractivity contribution in [2.45, 2.75) is 24.8 Å². The number of nitriles is 1. The molecule has 0 aliphatic heterocycles. The second-order valence-electron chi connectivity index (χ2n) is 7.24. The molecule has 0 spiro atoms. The number of hydrogen-bond donors (Lipinski definition) is 2. The predicted molar refractivity (Wildman–Crippen MR) is 114 cm³/mol. The van der Waals surface area contributed by atoms with Crippen LogP contribution in [0.5, 0.6) is 0 Å². The van der Waals surface area contributed by atoms with Gasteiger partial charge in [-0.25, -0.2) is 4.79 Å². The standard InChI is InChI=1S/C25H22N2O3/c1-25(20-11-4-2-5-12-20,21-13-6-3-7-14-21)24(30)27-22(23(28)29)16-18-9-8-10-19(15-18)17-26/h2-15,22H,16H2,1H3,(H,27,30)(H,28,29)/t22-/m0/s1. The Morgan fingerprint density at radius 3 is 2.03 bits per heavy atom. The van der Waals surface area contributed by atoms with Gasteiger partial charge in [0.15, 0.2) is 0 Å². The molecule has 0 saturated heterocycles. The van der Waals surface area contributed by atoms with Gasteiger partial charge >= 0.3 is 5.97 Å². The molecule has 3 rings (SSSR count). The third-order valence-electron chi connectivity index (χ3n) is 5.26. The summed E-state index contributed by atoms with van der Waals surface area (Å²) >= 11 is 0. The van der Waals surface area contributed by atoms with E-state index in [4.69, 9.17) is 5.26 Å². The van der Waals surface area contributed by atoms with Crippen LogP contribution in [0.1, 0.15) is 29.2 Å². The van der Waals surface area contributed by atoms with Crippen LogP contribution in [0.3, 0.4) is 0 Å². The van der Waals surface area contributed by atoms with Crippen LogP contribution in [0.15, 0.2) is 84.9 Å². The molecule has 2 N–H and O–H groups in total. The van der Waals surface area contributed by atoms with Crippen LogP contribution < -0.4 is 5.32 Å². The van der Waals surface area contributed by atoms with Gasteiger partial charge in [0.1, 0.15) is 6.04 Å². The highest BCUT2D eigenvalue weighted by Gasteiger charge is 2.38. The summed E-state index contributed by atoms with van der Waals surface area (Å²) in [6, 6.07) is 26.2. The number of amides is 1. The highest BCUT2D eigenvalue weighted by atomic mass is 16.4. The van der Waals surface area contributed by atoms with Crippen LogP contribution in [0, 0.1) is 11.3 Å². The maximum Gasteiger partial charge on any atom is 0.326 e. The predicted octanol–water partition coefficient (Wildman–Crippen LogP) is 3.68. The summed E-state index contributed by atoms with van der Waals surface area (Å²) < 4.78 is 0. The lowest BCUT2D eigenvalue weighted by Crippen LogP contribution is -2.50. The van der Waals surface area contributed by atoms with Crippen LogP contribution in [0.2, 0.25) is 0 Å². The van der Waals surface area contributed by atoms with Crippen molar-refractivity contribution < 1.29 is 14.7 Å². The Hall–Kier alpha value is -3.91. The Bertz CT molecular complexity index is 1030. The largest absolute Gasteiger partial charge is 0.480 e. The van der Waals surface area contributed by atoms with Crippen molar-refractivity contribution in [2.75, 3.05) is 0 Å². The number of carboxylic acid groups (broad SMARTS) is 1. The fourth-order valence-corrected chi connectivity index (χ4v) is 3.48. The maximum absolute atomic E-state index is 13.5. The van der Waals surface area contributed by atoms with Crippen LogP contribution in [0.4, 0.5) is 0 Å². The molecule has 0 radical (unpaired) electrons. The molecule has 5 nitrogen and oxygen atoms in total. The lowest BCUT2D eigenvalue weighted by molar-refractivity contribution is -0.142. The van der Waals surface area contributed by atoms with E-state index in [2.05, 4.69) is 5.32 Å². The minimum absolute atomic E-state index is 0.0796. The topological polar surface area (TPSA) is 90.2 Å². The fourth-order valence-electron chi connectivity index (χ4n) is 3.48. The monoisotopic (exact) mass is 398 g/mol.